The predicted molar refractivity (Wildman–Crippen MR) is 256 cm³/mol. The van der Waals surface area contributed by atoms with Crippen molar-refractivity contribution in [2.75, 3.05) is 26.4 Å². The summed E-state index contributed by atoms with van der Waals surface area (Å²) in [6, 6.07) is -0.412. The van der Waals surface area contributed by atoms with Crippen LogP contribution in [-0.4, -0.2) is 138 Å². The van der Waals surface area contributed by atoms with Gasteiger partial charge in [-0.15, -0.1) is 0 Å². The van der Waals surface area contributed by atoms with E-state index in [4.69, 9.17) is 15.2 Å². The van der Waals surface area contributed by atoms with Crippen LogP contribution in [0.3, 0.4) is 0 Å². The average Bonchev–Trinajstić information content (AvgIpc) is 4.13. The number of carbonyl (C=O) groups excluding carboxylic acids is 1. The second-order valence-electron chi connectivity index (χ2n) is 25.4. The fourth-order valence-corrected chi connectivity index (χ4v) is 18.9. The quantitative estimate of drug-likeness (QED) is 0.112. The molecular formula is C54H82N4O12. The first-order chi connectivity index (χ1) is 33.1. The number of allylic oxidation sites excluding steroid dienone is 3. The van der Waals surface area contributed by atoms with Crippen LogP contribution in [0.15, 0.2) is 36.3 Å². The Morgan fingerprint density at radius 2 is 1.69 bits per heavy atom. The Morgan fingerprint density at radius 1 is 0.957 bits per heavy atom. The van der Waals surface area contributed by atoms with Crippen LogP contribution in [0.4, 0.5) is 0 Å². The van der Waals surface area contributed by atoms with Crippen molar-refractivity contribution in [2.45, 2.75) is 179 Å². The van der Waals surface area contributed by atoms with Crippen molar-refractivity contribution in [2.24, 2.45) is 79.1 Å². The van der Waals surface area contributed by atoms with Crippen LogP contribution in [-0.2, 0) is 24.5 Å². The van der Waals surface area contributed by atoms with E-state index in [0.29, 0.717) is 83.6 Å². The minimum atomic E-state index is -1.69. The molecule has 16 nitrogen and oxygen atoms in total. The third kappa shape index (κ3) is 6.65. The fourth-order valence-electron chi connectivity index (χ4n) is 18.9. The van der Waals surface area contributed by atoms with Crippen molar-refractivity contribution in [1.29, 1.82) is 0 Å². The summed E-state index contributed by atoms with van der Waals surface area (Å²) in [6.45, 7) is 10.3. The third-order valence-corrected chi connectivity index (χ3v) is 22.9. The van der Waals surface area contributed by atoms with Gasteiger partial charge in [-0.2, -0.15) is 0 Å². The van der Waals surface area contributed by atoms with Gasteiger partial charge in [0, 0.05) is 35.9 Å². The molecule has 9 aliphatic rings. The maximum atomic E-state index is 15.1. The number of aromatic amines is 1. The van der Waals surface area contributed by atoms with Crippen LogP contribution in [0, 0.1) is 73.4 Å². The van der Waals surface area contributed by atoms with Gasteiger partial charge in [0.25, 0.3) is 0 Å². The number of nitrogens with zero attached hydrogens (tertiary/aromatic N) is 1. The van der Waals surface area contributed by atoms with Crippen LogP contribution >= 0.6 is 0 Å². The second kappa shape index (κ2) is 17.4. The number of H-pyrrole nitrogens is 1. The van der Waals surface area contributed by atoms with Crippen molar-refractivity contribution >= 4 is 11.9 Å². The molecule has 0 bridgehead atoms. The molecule has 390 valence electrons. The Balaban J connectivity index is 1.19. The molecule has 1 amide bonds. The number of amides is 1. The SMILES string of the molecule is C[C@]1(CO)CC[C@]2(C(=O)O)CC[C@]3(C)C(=CC[C@@H]4[C@@]5(C)[C@H]([C@@H]6C=C[C@](CCCN)(c7cnc[nH]7)[C@@H]7NC(=O)C8(CCCC8)[C@@H]67)[C@@H](O)[C@@H](O[C@@H]6OC[C@@H](O)[C@H](O)[C@H]6O)[C@@](C)([C@H](O)CO)[C@H]5CC[C@]43C)[C@@H]2C1. The molecule has 16 heteroatoms. The number of hydrogen-bond donors (Lipinski definition) is 11. The molecule has 7 fully saturated rings. The molecule has 1 aromatic rings. The molecule has 10 rings (SSSR count). The predicted octanol–water partition coefficient (Wildman–Crippen LogP) is 3.46. The van der Waals surface area contributed by atoms with Crippen molar-refractivity contribution in [3.8, 4) is 0 Å². The lowest BCUT2D eigenvalue weighted by Crippen LogP contribution is -2.75. The number of nitrogens with two attached hydrogens (primary N) is 1. The first-order valence-corrected chi connectivity index (χ1v) is 26.7. The highest BCUT2D eigenvalue weighted by Crippen LogP contribution is 2.78. The van der Waals surface area contributed by atoms with Gasteiger partial charge in [-0.1, -0.05) is 71.3 Å². The van der Waals surface area contributed by atoms with E-state index in [2.05, 4.69) is 61.2 Å². The molecule has 2 saturated heterocycles. The molecule has 0 unspecified atom stereocenters. The molecule has 3 heterocycles. The zero-order valence-corrected chi connectivity index (χ0v) is 41.9. The smallest absolute Gasteiger partial charge is 0.310 e. The lowest BCUT2D eigenvalue weighted by atomic mass is 9.30. The summed E-state index contributed by atoms with van der Waals surface area (Å²) in [5.41, 5.74) is 2.28. The topological polar surface area (TPSA) is 281 Å². The van der Waals surface area contributed by atoms with Gasteiger partial charge in [-0.05, 0) is 135 Å². The van der Waals surface area contributed by atoms with E-state index in [9.17, 15) is 45.6 Å². The van der Waals surface area contributed by atoms with Crippen LogP contribution < -0.4 is 11.1 Å². The van der Waals surface area contributed by atoms with Crippen LogP contribution in [0.1, 0.15) is 130 Å². The number of carbonyl (C=O) groups is 2. The molecule has 1 aromatic heterocycles. The number of hydrogen-bond acceptors (Lipinski definition) is 13. The molecule has 12 N–H and O–H groups in total. The number of carboxylic acids is 1. The van der Waals surface area contributed by atoms with Crippen molar-refractivity contribution in [1.82, 2.24) is 15.3 Å². The number of fused-ring (bicyclic) bond motifs is 9. The number of imidazole rings is 1. The Labute approximate surface area is 412 Å². The summed E-state index contributed by atoms with van der Waals surface area (Å²) in [5.74, 6) is -3.06. The highest BCUT2D eigenvalue weighted by Gasteiger charge is 2.77. The monoisotopic (exact) mass is 979 g/mol. The lowest BCUT2D eigenvalue weighted by molar-refractivity contribution is -0.351. The number of aliphatic hydroxyl groups is 7. The largest absolute Gasteiger partial charge is 0.481 e. The number of rotatable bonds is 11. The third-order valence-electron chi connectivity index (χ3n) is 22.9. The molecule has 5 saturated carbocycles. The van der Waals surface area contributed by atoms with Gasteiger partial charge in [-0.3, -0.25) is 9.59 Å². The summed E-state index contributed by atoms with van der Waals surface area (Å²) < 4.78 is 12.7. The maximum Gasteiger partial charge on any atom is 0.310 e. The number of nitrogens with one attached hydrogen (secondary N) is 2. The number of aliphatic hydroxyl groups excluding tert-OH is 7. The second-order valence-corrected chi connectivity index (χ2v) is 25.4. The number of ether oxygens (including phenoxy) is 2. The maximum absolute atomic E-state index is 15.1. The van der Waals surface area contributed by atoms with Gasteiger partial charge in [0.15, 0.2) is 6.29 Å². The Hall–Kier alpha value is -2.77. The summed E-state index contributed by atoms with van der Waals surface area (Å²) >= 11 is 0. The van der Waals surface area contributed by atoms with E-state index in [-0.39, 0.29) is 36.9 Å². The van der Waals surface area contributed by atoms with Gasteiger partial charge in [0.2, 0.25) is 5.91 Å². The lowest BCUT2D eigenvalue weighted by Gasteiger charge is -2.74. The van der Waals surface area contributed by atoms with Gasteiger partial charge >= 0.3 is 5.97 Å². The minimum Gasteiger partial charge on any atom is -0.481 e. The molecule has 2 aliphatic heterocycles. The number of aliphatic carboxylic acids is 1. The molecule has 0 aromatic carbocycles. The first-order valence-electron chi connectivity index (χ1n) is 26.7. The van der Waals surface area contributed by atoms with Crippen LogP contribution in [0.25, 0.3) is 0 Å². The van der Waals surface area contributed by atoms with Crippen molar-refractivity contribution in [3.05, 3.63) is 42.0 Å². The van der Waals surface area contributed by atoms with Gasteiger partial charge in [0.1, 0.15) is 18.3 Å². The molecule has 70 heavy (non-hydrogen) atoms. The Kier molecular flexibility index (Phi) is 12.6. The van der Waals surface area contributed by atoms with E-state index in [1.165, 1.54) is 0 Å². The highest BCUT2D eigenvalue weighted by molar-refractivity contribution is 5.87. The summed E-state index contributed by atoms with van der Waals surface area (Å²) in [5, 5.41) is 95.8. The zero-order chi connectivity index (χ0) is 50.2. The van der Waals surface area contributed by atoms with E-state index >= 15 is 4.79 Å². The van der Waals surface area contributed by atoms with Crippen LogP contribution in [0.2, 0.25) is 0 Å². The Bertz CT molecular complexity index is 2220. The summed E-state index contributed by atoms with van der Waals surface area (Å²) in [7, 11) is 0. The van der Waals surface area contributed by atoms with E-state index in [1.54, 1.807) is 6.33 Å². The molecular weight excluding hydrogens is 897 g/mol. The highest BCUT2D eigenvalue weighted by atomic mass is 16.7. The molecule has 0 radical (unpaired) electrons. The van der Waals surface area contributed by atoms with Gasteiger partial charge < -0.3 is 66.4 Å². The Morgan fingerprint density at radius 3 is 2.34 bits per heavy atom. The van der Waals surface area contributed by atoms with Crippen molar-refractivity contribution in [3.63, 3.8) is 0 Å². The molecule has 21 atom stereocenters. The van der Waals surface area contributed by atoms with Gasteiger partial charge in [-0.25, -0.2) is 4.98 Å². The summed E-state index contributed by atoms with van der Waals surface area (Å²) in [4.78, 5) is 36.5. The first kappa shape index (κ1) is 50.7. The summed E-state index contributed by atoms with van der Waals surface area (Å²) in [6.07, 6.45) is 9.11. The zero-order valence-electron chi connectivity index (χ0n) is 41.9. The fraction of sp³-hybridized carbons (Fsp3) is 0.833. The normalized spacial score (nSPS) is 50.8. The average molecular weight is 979 g/mol. The number of carboxylic acid groups (broad SMARTS) is 1. The van der Waals surface area contributed by atoms with E-state index < -0.39 is 123 Å². The number of aromatic nitrogens is 2. The van der Waals surface area contributed by atoms with Crippen molar-refractivity contribution < 1.29 is 59.9 Å². The van der Waals surface area contributed by atoms with Crippen LogP contribution in [0.5, 0.6) is 0 Å². The standard InChI is InChI=1S/C54H82N4O12/c1-47(27-60)18-20-52(46(67)68)21-19-48(2)30(31(52)23-47)9-10-33-49(48,3)16-12-34-50(33,4)37(40(64)43(51(34,5)36(62)25-59)70-44-41(65)39(63)32(61)26-69-44)29-11-17-53(15-8-22-55,35-24-56-28-57-35)42-38(29)54(45(66)58-42)13-6-7-14-54/h9,11,17,24,28-29,31-34,36-44,59-65H,6-8,10,12-16,18-23,25-27,55H2,1-5H3,(H,56,57)(H,58,66)(H,67,68)/t29-,31-,32+,33-,34-,36+,37+,38-,39-,40+,41+,42+,43+,44-,47-,48+,49+,50+,51+,52-,53+/m0/s1. The minimum absolute atomic E-state index is 0.00895. The van der Waals surface area contributed by atoms with E-state index in [0.717, 1.165) is 24.1 Å². The van der Waals surface area contributed by atoms with Gasteiger partial charge in [0.05, 0.1) is 54.1 Å². The molecule has 7 aliphatic carbocycles. The van der Waals surface area contributed by atoms with E-state index in [1.807, 2.05) is 13.1 Å². The molecule has 1 spiro atoms.